The van der Waals surface area contributed by atoms with Crippen molar-refractivity contribution in [2.75, 3.05) is 11.8 Å². The number of nitrogens with one attached hydrogen (secondary N) is 1. The highest BCUT2D eigenvalue weighted by Crippen LogP contribution is 2.24. The van der Waals surface area contributed by atoms with Gasteiger partial charge in [0, 0.05) is 4.47 Å². The van der Waals surface area contributed by atoms with Crippen LogP contribution in [-0.2, 0) is 14.8 Å². The van der Waals surface area contributed by atoms with E-state index in [1.165, 1.54) is 19.2 Å². The predicted octanol–water partition coefficient (Wildman–Crippen LogP) is 3.18. The smallest absolute Gasteiger partial charge is 0.340 e. The summed E-state index contributed by atoms with van der Waals surface area (Å²) in [4.78, 5) is 11.6. The van der Waals surface area contributed by atoms with Crippen LogP contribution in [-0.4, -0.2) is 21.5 Å². The summed E-state index contributed by atoms with van der Waals surface area (Å²) in [6.45, 7) is 0. The normalized spacial score (nSPS) is 11.0. The van der Waals surface area contributed by atoms with E-state index in [4.69, 9.17) is 0 Å². The molecular formula is C14H11BrFNO4S. The van der Waals surface area contributed by atoms with Gasteiger partial charge in [-0.2, -0.15) is 0 Å². The van der Waals surface area contributed by atoms with Crippen molar-refractivity contribution < 1.29 is 22.3 Å². The number of ether oxygens (including phenoxy) is 1. The number of esters is 1. The molecule has 2 rings (SSSR count). The molecule has 0 unspecified atom stereocenters. The minimum Gasteiger partial charge on any atom is -0.465 e. The van der Waals surface area contributed by atoms with Crippen LogP contribution in [0.25, 0.3) is 0 Å². The number of rotatable bonds is 4. The highest BCUT2D eigenvalue weighted by Gasteiger charge is 2.19. The van der Waals surface area contributed by atoms with Crippen molar-refractivity contribution in [3.8, 4) is 0 Å². The van der Waals surface area contributed by atoms with E-state index >= 15 is 0 Å². The molecular weight excluding hydrogens is 377 g/mol. The fourth-order valence-corrected chi connectivity index (χ4v) is 3.14. The summed E-state index contributed by atoms with van der Waals surface area (Å²) >= 11 is 3.20. The van der Waals surface area contributed by atoms with Crippen LogP contribution in [0.2, 0.25) is 0 Å². The third-order valence-corrected chi connectivity index (χ3v) is 4.63. The summed E-state index contributed by atoms with van der Waals surface area (Å²) in [6, 6.07) is 8.79. The third kappa shape index (κ3) is 3.63. The molecule has 0 fully saturated rings. The summed E-state index contributed by atoms with van der Waals surface area (Å²) in [5, 5.41) is 0. The third-order valence-electron chi connectivity index (χ3n) is 2.76. The molecule has 1 N–H and O–H groups in total. The second-order valence-electron chi connectivity index (χ2n) is 4.24. The van der Waals surface area contributed by atoms with Gasteiger partial charge in [0.1, 0.15) is 5.82 Å². The van der Waals surface area contributed by atoms with Gasteiger partial charge in [-0.05, 0) is 42.5 Å². The SMILES string of the molecule is COC(=O)c1cc(Br)ccc1NS(=O)(=O)c1ccc(F)cc1. The van der Waals surface area contributed by atoms with E-state index in [0.717, 1.165) is 24.3 Å². The Labute approximate surface area is 135 Å². The molecule has 0 aliphatic carbocycles. The summed E-state index contributed by atoms with van der Waals surface area (Å²) in [7, 11) is -2.75. The van der Waals surface area contributed by atoms with E-state index in [-0.39, 0.29) is 16.1 Å². The summed E-state index contributed by atoms with van der Waals surface area (Å²) in [6.07, 6.45) is 0. The minimum atomic E-state index is -3.95. The van der Waals surface area contributed by atoms with E-state index in [9.17, 15) is 17.6 Å². The Hall–Kier alpha value is -1.93. The number of carbonyl (C=O) groups excluding carboxylic acids is 1. The largest absolute Gasteiger partial charge is 0.465 e. The van der Waals surface area contributed by atoms with Gasteiger partial charge in [0.05, 0.1) is 23.3 Å². The Morgan fingerprint density at radius 3 is 2.41 bits per heavy atom. The molecule has 0 amide bonds. The molecule has 0 aliphatic heterocycles. The van der Waals surface area contributed by atoms with Crippen LogP contribution < -0.4 is 4.72 Å². The average molecular weight is 388 g/mol. The average Bonchev–Trinajstić information content (AvgIpc) is 2.48. The van der Waals surface area contributed by atoms with E-state index in [1.54, 1.807) is 6.07 Å². The number of benzene rings is 2. The van der Waals surface area contributed by atoms with Gasteiger partial charge in [-0.25, -0.2) is 17.6 Å². The van der Waals surface area contributed by atoms with E-state index in [0.29, 0.717) is 4.47 Å². The van der Waals surface area contributed by atoms with Crippen molar-refractivity contribution >= 4 is 37.6 Å². The Balaban J connectivity index is 2.41. The molecule has 2 aromatic carbocycles. The molecule has 0 aromatic heterocycles. The standard InChI is InChI=1S/C14H11BrFNO4S/c1-21-14(18)12-8-9(15)2-7-13(12)17-22(19,20)11-5-3-10(16)4-6-11/h2-8,17H,1H3. The predicted molar refractivity (Wildman–Crippen MR) is 82.7 cm³/mol. The molecule has 0 spiro atoms. The van der Waals surface area contributed by atoms with Crippen LogP contribution >= 0.6 is 15.9 Å². The van der Waals surface area contributed by atoms with Crippen LogP contribution in [0.4, 0.5) is 10.1 Å². The van der Waals surface area contributed by atoms with Crippen LogP contribution in [0.15, 0.2) is 51.8 Å². The Morgan fingerprint density at radius 1 is 1.18 bits per heavy atom. The Morgan fingerprint density at radius 2 is 1.82 bits per heavy atom. The monoisotopic (exact) mass is 387 g/mol. The second-order valence-corrected chi connectivity index (χ2v) is 6.84. The molecule has 0 heterocycles. The summed E-state index contributed by atoms with van der Waals surface area (Å²) in [5.41, 5.74) is 0.127. The maximum absolute atomic E-state index is 12.9. The van der Waals surface area contributed by atoms with Crippen molar-refractivity contribution in [2.45, 2.75) is 4.90 Å². The zero-order chi connectivity index (χ0) is 16.3. The number of halogens is 2. The van der Waals surface area contributed by atoms with Crippen molar-refractivity contribution in [3.63, 3.8) is 0 Å². The van der Waals surface area contributed by atoms with Gasteiger partial charge in [-0.15, -0.1) is 0 Å². The minimum absolute atomic E-state index is 0.0579. The number of methoxy groups -OCH3 is 1. The maximum Gasteiger partial charge on any atom is 0.340 e. The van der Waals surface area contributed by atoms with Crippen molar-refractivity contribution in [1.29, 1.82) is 0 Å². The first-order chi connectivity index (χ1) is 10.3. The lowest BCUT2D eigenvalue weighted by atomic mass is 10.2. The first-order valence-electron chi connectivity index (χ1n) is 6.00. The van der Waals surface area contributed by atoms with E-state index in [2.05, 4.69) is 25.4 Å². The molecule has 0 aliphatic rings. The Bertz CT molecular complexity index is 806. The molecule has 22 heavy (non-hydrogen) atoms. The summed E-state index contributed by atoms with van der Waals surface area (Å²) in [5.74, 6) is -1.23. The first-order valence-corrected chi connectivity index (χ1v) is 8.27. The zero-order valence-corrected chi connectivity index (χ0v) is 13.7. The van der Waals surface area contributed by atoms with Crippen LogP contribution in [0.3, 0.4) is 0 Å². The molecule has 0 saturated heterocycles. The molecule has 5 nitrogen and oxygen atoms in total. The van der Waals surface area contributed by atoms with E-state index < -0.39 is 21.8 Å². The van der Waals surface area contributed by atoms with Gasteiger partial charge in [0.15, 0.2) is 0 Å². The quantitative estimate of drug-likeness (QED) is 0.817. The van der Waals surface area contributed by atoms with Crippen LogP contribution in [0, 0.1) is 5.82 Å². The van der Waals surface area contributed by atoms with Gasteiger partial charge in [0.25, 0.3) is 10.0 Å². The fourth-order valence-electron chi connectivity index (χ4n) is 1.70. The van der Waals surface area contributed by atoms with Crippen molar-refractivity contribution in [1.82, 2.24) is 0 Å². The van der Waals surface area contributed by atoms with Gasteiger partial charge >= 0.3 is 5.97 Å². The van der Waals surface area contributed by atoms with Crippen molar-refractivity contribution in [3.05, 3.63) is 58.3 Å². The van der Waals surface area contributed by atoms with Gasteiger partial charge in [-0.1, -0.05) is 15.9 Å². The van der Waals surface area contributed by atoms with Gasteiger partial charge in [-0.3, -0.25) is 4.72 Å². The number of hydrogen-bond donors (Lipinski definition) is 1. The molecule has 8 heteroatoms. The van der Waals surface area contributed by atoms with Gasteiger partial charge in [0.2, 0.25) is 0 Å². The lowest BCUT2D eigenvalue weighted by Gasteiger charge is -2.12. The molecule has 0 bridgehead atoms. The van der Waals surface area contributed by atoms with Crippen LogP contribution in [0.1, 0.15) is 10.4 Å². The van der Waals surface area contributed by atoms with E-state index in [1.807, 2.05) is 0 Å². The summed E-state index contributed by atoms with van der Waals surface area (Å²) < 4.78 is 44.9. The number of hydrogen-bond acceptors (Lipinski definition) is 4. The highest BCUT2D eigenvalue weighted by atomic mass is 79.9. The lowest BCUT2D eigenvalue weighted by molar-refractivity contribution is 0.0602. The molecule has 0 saturated carbocycles. The molecule has 116 valence electrons. The topological polar surface area (TPSA) is 72.5 Å². The molecule has 0 atom stereocenters. The fraction of sp³-hybridized carbons (Fsp3) is 0.0714. The van der Waals surface area contributed by atoms with Crippen LogP contribution in [0.5, 0.6) is 0 Å². The van der Waals surface area contributed by atoms with Gasteiger partial charge < -0.3 is 4.74 Å². The number of anilines is 1. The molecule has 0 radical (unpaired) electrons. The lowest BCUT2D eigenvalue weighted by Crippen LogP contribution is -2.16. The number of carbonyl (C=O) groups is 1. The van der Waals surface area contributed by atoms with Crippen molar-refractivity contribution in [2.24, 2.45) is 0 Å². The second kappa shape index (κ2) is 6.45. The Kier molecular flexibility index (Phi) is 4.82. The maximum atomic E-state index is 12.9. The highest BCUT2D eigenvalue weighted by molar-refractivity contribution is 9.10. The molecule has 2 aromatic rings. The zero-order valence-electron chi connectivity index (χ0n) is 11.3. The number of sulfonamides is 1. The first kappa shape index (κ1) is 16.4.